The van der Waals surface area contributed by atoms with E-state index in [9.17, 15) is 4.79 Å². The molecule has 0 aromatic rings. The van der Waals surface area contributed by atoms with Gasteiger partial charge in [0.15, 0.2) is 5.96 Å². The van der Waals surface area contributed by atoms with Crippen molar-refractivity contribution < 1.29 is 9.53 Å². The Morgan fingerprint density at radius 2 is 2.04 bits per heavy atom. The number of amides is 1. The van der Waals surface area contributed by atoms with E-state index in [1.54, 1.807) is 7.05 Å². The van der Waals surface area contributed by atoms with E-state index < -0.39 is 0 Å². The van der Waals surface area contributed by atoms with Gasteiger partial charge >= 0.3 is 0 Å². The monoisotopic (exact) mass is 467 g/mol. The van der Waals surface area contributed by atoms with Gasteiger partial charge in [-0.15, -0.1) is 24.0 Å². The Hall–Kier alpha value is -0.610. The highest BCUT2D eigenvalue weighted by Gasteiger charge is 2.25. The summed E-state index contributed by atoms with van der Waals surface area (Å²) in [6.07, 6.45) is 1.56. The fraction of sp³-hybridized carbons (Fsp3) is 0.882. The molecular weight excluding hydrogens is 433 g/mol. The first-order valence-corrected chi connectivity index (χ1v) is 9.17. The molecule has 2 rings (SSSR count). The van der Waals surface area contributed by atoms with Gasteiger partial charge in [-0.05, 0) is 12.3 Å². The zero-order valence-electron chi connectivity index (χ0n) is 15.8. The van der Waals surface area contributed by atoms with Crippen LogP contribution in [0.5, 0.6) is 0 Å². The van der Waals surface area contributed by atoms with Crippen LogP contribution in [0.3, 0.4) is 0 Å². The maximum absolute atomic E-state index is 11.8. The molecule has 2 aliphatic heterocycles. The SMILES string of the molecule is CCC(=O)N1CCC(NC(=NC)NCC(C)CN2CCOCC2)C1.I. The molecule has 146 valence electrons. The van der Waals surface area contributed by atoms with Crippen molar-refractivity contribution in [3.8, 4) is 0 Å². The summed E-state index contributed by atoms with van der Waals surface area (Å²) in [5, 5.41) is 6.87. The van der Waals surface area contributed by atoms with Gasteiger partial charge in [0.05, 0.1) is 13.2 Å². The van der Waals surface area contributed by atoms with Crippen LogP contribution in [0.4, 0.5) is 0 Å². The smallest absolute Gasteiger partial charge is 0.222 e. The van der Waals surface area contributed by atoms with Crippen LogP contribution < -0.4 is 10.6 Å². The minimum Gasteiger partial charge on any atom is -0.379 e. The van der Waals surface area contributed by atoms with E-state index >= 15 is 0 Å². The first-order chi connectivity index (χ1) is 11.6. The maximum Gasteiger partial charge on any atom is 0.222 e. The number of nitrogens with zero attached hydrogens (tertiary/aromatic N) is 3. The lowest BCUT2D eigenvalue weighted by molar-refractivity contribution is -0.129. The number of hydrogen-bond donors (Lipinski definition) is 2. The number of halogens is 1. The lowest BCUT2D eigenvalue weighted by atomic mass is 10.1. The van der Waals surface area contributed by atoms with Gasteiger partial charge in [-0.25, -0.2) is 0 Å². The number of aliphatic imine (C=N–C) groups is 1. The van der Waals surface area contributed by atoms with Crippen molar-refractivity contribution >= 4 is 35.8 Å². The third-order valence-electron chi connectivity index (χ3n) is 4.70. The molecule has 2 unspecified atom stereocenters. The molecule has 2 atom stereocenters. The Balaban J connectivity index is 0.00000312. The van der Waals surface area contributed by atoms with Crippen molar-refractivity contribution in [2.24, 2.45) is 10.9 Å². The number of rotatable bonds is 6. The van der Waals surface area contributed by atoms with Crippen LogP contribution in [-0.2, 0) is 9.53 Å². The van der Waals surface area contributed by atoms with Crippen molar-refractivity contribution in [1.82, 2.24) is 20.4 Å². The third kappa shape index (κ3) is 7.65. The van der Waals surface area contributed by atoms with Crippen LogP contribution >= 0.6 is 24.0 Å². The average molecular weight is 467 g/mol. The minimum atomic E-state index is 0. The molecule has 1 amide bonds. The Bertz CT molecular complexity index is 429. The van der Waals surface area contributed by atoms with Gasteiger partial charge in [-0.3, -0.25) is 14.7 Å². The summed E-state index contributed by atoms with van der Waals surface area (Å²) in [4.78, 5) is 20.5. The van der Waals surface area contributed by atoms with Crippen LogP contribution in [0.2, 0.25) is 0 Å². The predicted molar refractivity (Wildman–Crippen MR) is 112 cm³/mol. The molecule has 2 heterocycles. The van der Waals surface area contributed by atoms with Crippen LogP contribution in [0.15, 0.2) is 4.99 Å². The van der Waals surface area contributed by atoms with E-state index in [4.69, 9.17) is 4.74 Å². The first kappa shape index (κ1) is 22.4. The quantitative estimate of drug-likeness (QED) is 0.343. The van der Waals surface area contributed by atoms with Gasteiger partial charge in [0.1, 0.15) is 0 Å². The largest absolute Gasteiger partial charge is 0.379 e. The molecule has 2 fully saturated rings. The van der Waals surface area contributed by atoms with Crippen molar-refractivity contribution in [2.75, 3.05) is 59.5 Å². The van der Waals surface area contributed by atoms with Gasteiger partial charge in [0.2, 0.25) is 5.91 Å². The van der Waals surface area contributed by atoms with E-state index in [1.807, 2.05) is 11.8 Å². The summed E-state index contributed by atoms with van der Waals surface area (Å²) in [6, 6.07) is 0.293. The lowest BCUT2D eigenvalue weighted by Crippen LogP contribution is -2.47. The maximum atomic E-state index is 11.8. The Morgan fingerprint density at radius 3 is 2.68 bits per heavy atom. The molecule has 0 aromatic heterocycles. The zero-order valence-corrected chi connectivity index (χ0v) is 18.1. The van der Waals surface area contributed by atoms with Crippen molar-refractivity contribution in [2.45, 2.75) is 32.7 Å². The molecule has 2 aliphatic rings. The molecule has 0 bridgehead atoms. The van der Waals surface area contributed by atoms with Gasteiger partial charge in [-0.1, -0.05) is 13.8 Å². The van der Waals surface area contributed by atoms with Crippen molar-refractivity contribution in [3.63, 3.8) is 0 Å². The molecular formula is C17H34IN5O2. The van der Waals surface area contributed by atoms with Gasteiger partial charge < -0.3 is 20.3 Å². The molecule has 2 N–H and O–H groups in total. The number of likely N-dealkylation sites (tertiary alicyclic amines) is 1. The summed E-state index contributed by atoms with van der Waals surface area (Å²) in [6.45, 7) is 11.5. The third-order valence-corrected chi connectivity index (χ3v) is 4.70. The number of guanidine groups is 1. The summed E-state index contributed by atoms with van der Waals surface area (Å²) >= 11 is 0. The van der Waals surface area contributed by atoms with Gasteiger partial charge in [0, 0.05) is 58.8 Å². The van der Waals surface area contributed by atoms with E-state index in [0.717, 1.165) is 64.9 Å². The molecule has 2 saturated heterocycles. The highest BCUT2D eigenvalue weighted by molar-refractivity contribution is 14.0. The summed E-state index contributed by atoms with van der Waals surface area (Å²) in [7, 11) is 1.80. The van der Waals surface area contributed by atoms with E-state index in [-0.39, 0.29) is 29.9 Å². The Kier molecular flexibility index (Phi) is 10.7. The van der Waals surface area contributed by atoms with E-state index in [2.05, 4.69) is 27.4 Å². The summed E-state index contributed by atoms with van der Waals surface area (Å²) in [5.41, 5.74) is 0. The highest BCUT2D eigenvalue weighted by Crippen LogP contribution is 2.10. The average Bonchev–Trinajstić information content (AvgIpc) is 3.07. The Labute approximate surface area is 169 Å². The highest BCUT2D eigenvalue weighted by atomic mass is 127. The molecule has 0 saturated carbocycles. The van der Waals surface area contributed by atoms with E-state index in [1.165, 1.54) is 0 Å². The number of ether oxygens (including phenoxy) is 1. The van der Waals surface area contributed by atoms with Crippen molar-refractivity contribution in [1.29, 1.82) is 0 Å². The van der Waals surface area contributed by atoms with Crippen molar-refractivity contribution in [3.05, 3.63) is 0 Å². The number of nitrogens with one attached hydrogen (secondary N) is 2. The molecule has 0 aromatic carbocycles. The summed E-state index contributed by atoms with van der Waals surface area (Å²) in [5.74, 6) is 1.62. The summed E-state index contributed by atoms with van der Waals surface area (Å²) < 4.78 is 5.39. The lowest BCUT2D eigenvalue weighted by Gasteiger charge is -2.29. The standard InChI is InChI=1S/C17H33N5O2.HI/c1-4-16(23)22-6-5-15(13-22)20-17(18-3)19-11-14(2)12-21-7-9-24-10-8-21;/h14-15H,4-13H2,1-3H3,(H2,18,19,20);1H. The van der Waals surface area contributed by atoms with Gasteiger partial charge in [-0.2, -0.15) is 0 Å². The second-order valence-electron chi connectivity index (χ2n) is 6.79. The normalized spacial score (nSPS) is 23.1. The van der Waals surface area contributed by atoms with Crippen LogP contribution in [-0.4, -0.2) is 87.2 Å². The molecule has 0 aliphatic carbocycles. The Morgan fingerprint density at radius 1 is 1.32 bits per heavy atom. The zero-order chi connectivity index (χ0) is 17.4. The topological polar surface area (TPSA) is 69.2 Å². The van der Waals surface area contributed by atoms with E-state index in [0.29, 0.717) is 18.4 Å². The van der Waals surface area contributed by atoms with Crippen LogP contribution in [0.25, 0.3) is 0 Å². The minimum absolute atomic E-state index is 0. The number of carbonyl (C=O) groups is 1. The fourth-order valence-electron chi connectivity index (χ4n) is 3.28. The molecule has 0 radical (unpaired) electrons. The molecule has 0 spiro atoms. The second-order valence-corrected chi connectivity index (χ2v) is 6.79. The molecule has 25 heavy (non-hydrogen) atoms. The van der Waals surface area contributed by atoms with Crippen LogP contribution in [0, 0.1) is 5.92 Å². The number of hydrogen-bond acceptors (Lipinski definition) is 4. The second kappa shape index (κ2) is 11.9. The predicted octanol–water partition coefficient (Wildman–Crippen LogP) is 0.749. The molecule has 8 heteroatoms. The van der Waals surface area contributed by atoms with Gasteiger partial charge in [0.25, 0.3) is 0 Å². The molecule has 7 nitrogen and oxygen atoms in total. The fourth-order valence-corrected chi connectivity index (χ4v) is 3.28. The van der Waals surface area contributed by atoms with Crippen LogP contribution in [0.1, 0.15) is 26.7 Å². The number of morpholine rings is 1. The number of carbonyl (C=O) groups excluding carboxylic acids is 1. The first-order valence-electron chi connectivity index (χ1n) is 9.17.